The molecule has 1 saturated carbocycles. The van der Waals surface area contributed by atoms with E-state index in [1.165, 1.54) is 38.5 Å². The van der Waals surface area contributed by atoms with Gasteiger partial charge in [0, 0.05) is 40.8 Å². The van der Waals surface area contributed by atoms with E-state index in [2.05, 4.69) is 25.0 Å². The molecule has 2 aliphatic rings. The van der Waals surface area contributed by atoms with Crippen LogP contribution < -0.4 is 5.32 Å². The lowest BCUT2D eigenvalue weighted by atomic mass is 9.84. The summed E-state index contributed by atoms with van der Waals surface area (Å²) in [5.74, 6) is 0.645. The van der Waals surface area contributed by atoms with Gasteiger partial charge in [0.05, 0.1) is 6.61 Å². The Hall–Kier alpha value is -1.24. The highest BCUT2D eigenvalue weighted by Crippen LogP contribution is 2.27. The van der Waals surface area contributed by atoms with E-state index in [0.29, 0.717) is 19.1 Å². The maximum Gasteiger partial charge on any atom is 0.409 e. The van der Waals surface area contributed by atoms with Crippen LogP contribution in [0.1, 0.15) is 57.8 Å². The highest BCUT2D eigenvalue weighted by molar-refractivity contribution is 6.76. The second-order valence-corrected chi connectivity index (χ2v) is 15.9. The minimum Gasteiger partial charge on any atom is -0.450 e. The van der Waals surface area contributed by atoms with Gasteiger partial charge < -0.3 is 19.9 Å². The van der Waals surface area contributed by atoms with Crippen LogP contribution in [0.4, 0.5) is 9.59 Å². The van der Waals surface area contributed by atoms with Crippen LogP contribution in [0, 0.1) is 5.92 Å². The van der Waals surface area contributed by atoms with Crippen molar-refractivity contribution in [2.45, 2.75) is 89.5 Å². The zero-order valence-electron chi connectivity index (χ0n) is 19.2. The number of piperidine rings is 1. The normalized spacial score (nSPS) is 19.5. The number of amides is 3. The summed E-state index contributed by atoms with van der Waals surface area (Å²) < 4.78 is 5.49. The molecular weight excluding hydrogens is 382 g/mol. The molecule has 1 saturated heterocycles. The maximum absolute atomic E-state index is 12.8. The summed E-state index contributed by atoms with van der Waals surface area (Å²) in [5, 5.41) is 3.24. The van der Waals surface area contributed by atoms with Crippen molar-refractivity contribution in [1.82, 2.24) is 15.1 Å². The monoisotopic (exact) mass is 425 g/mol. The number of likely N-dealkylation sites (N-methyl/N-ethyl adjacent to an activating group) is 1. The Kier molecular flexibility index (Phi) is 9.79. The molecule has 0 aromatic carbocycles. The summed E-state index contributed by atoms with van der Waals surface area (Å²) in [7, 11) is 0.570. The first-order valence-corrected chi connectivity index (χ1v) is 15.4. The number of nitrogens with one attached hydrogen (secondary N) is 1. The first-order valence-electron chi connectivity index (χ1n) is 11.7. The van der Waals surface area contributed by atoms with Gasteiger partial charge in [-0.25, -0.2) is 9.59 Å². The van der Waals surface area contributed by atoms with Gasteiger partial charge in [-0.2, -0.15) is 0 Å². The minimum absolute atomic E-state index is 0.0120. The number of carbonyl (C=O) groups is 2. The molecule has 3 amide bonds. The van der Waals surface area contributed by atoms with Crippen molar-refractivity contribution in [2.24, 2.45) is 5.92 Å². The quantitative estimate of drug-likeness (QED) is 0.561. The van der Waals surface area contributed by atoms with Crippen LogP contribution in [0.15, 0.2) is 0 Å². The Balaban J connectivity index is 1.88. The molecule has 6 nitrogen and oxygen atoms in total. The third-order valence-corrected chi connectivity index (χ3v) is 7.90. The lowest BCUT2D eigenvalue weighted by Crippen LogP contribution is -2.51. The number of hydrogen-bond acceptors (Lipinski definition) is 3. The molecule has 2 fully saturated rings. The number of hydrogen-bond donors (Lipinski definition) is 1. The molecule has 0 aromatic rings. The largest absolute Gasteiger partial charge is 0.450 e. The number of ether oxygens (including phenoxy) is 1. The van der Waals surface area contributed by atoms with E-state index in [-0.39, 0.29) is 18.2 Å². The van der Waals surface area contributed by atoms with Crippen LogP contribution in [0.5, 0.6) is 0 Å². The lowest BCUT2D eigenvalue weighted by Gasteiger charge is -2.33. The number of nitrogens with zero attached hydrogens (tertiary/aromatic N) is 2. The topological polar surface area (TPSA) is 61.9 Å². The zero-order valence-corrected chi connectivity index (χ0v) is 20.2. The standard InChI is InChI=1S/C22H43N3O3Si/c1-24(22(27)28-15-16-29(2,3)4)18-20(17-19-11-7-5-8-12-19)23-21(26)25-13-9-6-10-14-25/h19-20H,5-18H2,1-4H3,(H,23,26)/t20-/m0/s1. The third kappa shape index (κ3) is 9.41. The van der Waals surface area contributed by atoms with Crippen molar-refractivity contribution >= 4 is 20.2 Å². The highest BCUT2D eigenvalue weighted by Gasteiger charge is 2.26. The first kappa shape index (κ1) is 24.0. The van der Waals surface area contributed by atoms with Gasteiger partial charge in [0.1, 0.15) is 0 Å². The fourth-order valence-electron chi connectivity index (χ4n) is 4.33. The van der Waals surface area contributed by atoms with Crippen molar-refractivity contribution in [3.8, 4) is 0 Å². The molecule has 0 aromatic heterocycles. The molecule has 0 spiro atoms. The Bertz CT molecular complexity index is 512. The average Bonchev–Trinajstić information content (AvgIpc) is 2.68. The van der Waals surface area contributed by atoms with Crippen LogP contribution in [-0.2, 0) is 4.74 Å². The number of carbonyl (C=O) groups excluding carboxylic acids is 2. The molecule has 1 aliphatic carbocycles. The molecule has 29 heavy (non-hydrogen) atoms. The van der Waals surface area contributed by atoms with Crippen LogP contribution in [-0.4, -0.2) is 69.3 Å². The zero-order chi connectivity index (χ0) is 21.3. The highest BCUT2D eigenvalue weighted by atomic mass is 28.3. The summed E-state index contributed by atoms with van der Waals surface area (Å²) >= 11 is 0. The van der Waals surface area contributed by atoms with Crippen LogP contribution >= 0.6 is 0 Å². The lowest BCUT2D eigenvalue weighted by molar-refractivity contribution is 0.109. The van der Waals surface area contributed by atoms with Gasteiger partial charge in [0.2, 0.25) is 0 Å². The van der Waals surface area contributed by atoms with Crippen molar-refractivity contribution in [3.05, 3.63) is 0 Å². The molecule has 0 radical (unpaired) electrons. The van der Waals surface area contributed by atoms with Gasteiger partial charge in [-0.3, -0.25) is 0 Å². The van der Waals surface area contributed by atoms with Crippen LogP contribution in [0.2, 0.25) is 25.7 Å². The van der Waals surface area contributed by atoms with Gasteiger partial charge in [-0.15, -0.1) is 0 Å². The van der Waals surface area contributed by atoms with Gasteiger partial charge >= 0.3 is 12.1 Å². The Morgan fingerprint density at radius 3 is 2.31 bits per heavy atom. The van der Waals surface area contributed by atoms with Crippen molar-refractivity contribution < 1.29 is 14.3 Å². The van der Waals surface area contributed by atoms with Gasteiger partial charge in [0.25, 0.3) is 0 Å². The van der Waals surface area contributed by atoms with E-state index in [1.54, 1.807) is 11.9 Å². The predicted molar refractivity (Wildman–Crippen MR) is 121 cm³/mol. The number of rotatable bonds is 8. The van der Waals surface area contributed by atoms with E-state index < -0.39 is 8.07 Å². The number of likely N-dealkylation sites (tertiary alicyclic amines) is 1. The molecule has 1 atom stereocenters. The summed E-state index contributed by atoms with van der Waals surface area (Å²) in [5.41, 5.74) is 0. The summed E-state index contributed by atoms with van der Waals surface area (Å²) in [4.78, 5) is 28.8. The maximum atomic E-state index is 12.8. The second kappa shape index (κ2) is 11.8. The summed E-state index contributed by atoms with van der Waals surface area (Å²) in [6.07, 6.45) is 10.4. The van der Waals surface area contributed by atoms with E-state index in [4.69, 9.17) is 4.74 Å². The molecule has 168 valence electrons. The molecule has 1 aliphatic heterocycles. The number of urea groups is 1. The molecule has 1 N–H and O–H groups in total. The smallest absolute Gasteiger partial charge is 0.409 e. The molecule has 1 heterocycles. The third-order valence-electron chi connectivity index (χ3n) is 6.20. The van der Waals surface area contributed by atoms with Crippen molar-refractivity contribution in [3.63, 3.8) is 0 Å². The SMILES string of the molecule is CN(C[C@H](CC1CCCCC1)NC(=O)N1CCCCC1)C(=O)OCC[Si](C)(C)C. The van der Waals surface area contributed by atoms with E-state index in [0.717, 1.165) is 38.4 Å². The van der Waals surface area contributed by atoms with E-state index in [9.17, 15) is 9.59 Å². The second-order valence-electron chi connectivity index (χ2n) is 10.2. The predicted octanol–water partition coefficient (Wildman–Crippen LogP) is 4.93. The summed E-state index contributed by atoms with van der Waals surface area (Å²) in [6.45, 7) is 9.53. The molecule has 0 unspecified atom stereocenters. The van der Waals surface area contributed by atoms with E-state index in [1.807, 2.05) is 4.90 Å². The fraction of sp³-hybridized carbons (Fsp3) is 0.909. The van der Waals surface area contributed by atoms with Crippen molar-refractivity contribution in [1.29, 1.82) is 0 Å². The van der Waals surface area contributed by atoms with Crippen molar-refractivity contribution in [2.75, 3.05) is 33.3 Å². The van der Waals surface area contributed by atoms with Gasteiger partial charge in [0.15, 0.2) is 0 Å². The Morgan fingerprint density at radius 1 is 1.07 bits per heavy atom. The Labute approximate surface area is 178 Å². The molecule has 7 heteroatoms. The summed E-state index contributed by atoms with van der Waals surface area (Å²) in [6, 6.07) is 0.997. The molecule has 2 rings (SSSR count). The van der Waals surface area contributed by atoms with Crippen LogP contribution in [0.3, 0.4) is 0 Å². The van der Waals surface area contributed by atoms with E-state index >= 15 is 0 Å². The minimum atomic E-state index is -1.22. The first-order chi connectivity index (χ1) is 13.7. The van der Waals surface area contributed by atoms with Gasteiger partial charge in [-0.1, -0.05) is 51.7 Å². The van der Waals surface area contributed by atoms with Crippen LogP contribution in [0.25, 0.3) is 0 Å². The molecular formula is C22H43N3O3Si. The van der Waals surface area contributed by atoms with Gasteiger partial charge in [-0.05, 0) is 37.6 Å². The average molecular weight is 426 g/mol. The Morgan fingerprint density at radius 2 is 1.69 bits per heavy atom. The fourth-order valence-corrected chi connectivity index (χ4v) is 5.04. The molecule has 0 bridgehead atoms.